The van der Waals surface area contributed by atoms with Gasteiger partial charge in [-0.1, -0.05) is 0 Å². The van der Waals surface area contributed by atoms with Gasteiger partial charge in [0.05, 0.1) is 24.0 Å². The van der Waals surface area contributed by atoms with Crippen molar-refractivity contribution in [3.63, 3.8) is 0 Å². The van der Waals surface area contributed by atoms with Gasteiger partial charge >= 0.3 is 5.97 Å². The number of esters is 1. The van der Waals surface area contributed by atoms with Gasteiger partial charge in [-0.2, -0.15) is 0 Å². The monoisotopic (exact) mass is 233 g/mol. The van der Waals surface area contributed by atoms with E-state index in [0.29, 0.717) is 19.5 Å². The minimum Gasteiger partial charge on any atom is -0.469 e. The van der Waals surface area contributed by atoms with Crippen molar-refractivity contribution in [2.45, 2.75) is 6.42 Å². The highest BCUT2D eigenvalue weighted by atomic mass is 32.2. The summed E-state index contributed by atoms with van der Waals surface area (Å²) in [5.74, 6) is -0.189. The van der Waals surface area contributed by atoms with E-state index >= 15 is 0 Å². The van der Waals surface area contributed by atoms with Gasteiger partial charge in [0.15, 0.2) is 9.84 Å². The summed E-state index contributed by atoms with van der Waals surface area (Å²) in [6.45, 7) is 1.13. The summed E-state index contributed by atoms with van der Waals surface area (Å²) in [7, 11) is -1.61. The summed E-state index contributed by atoms with van der Waals surface area (Å²) in [4.78, 5) is 11.7. The summed E-state index contributed by atoms with van der Waals surface area (Å²) in [6, 6.07) is 0. The van der Waals surface area contributed by atoms with E-state index in [4.69, 9.17) is 4.74 Å². The van der Waals surface area contributed by atoms with Crippen LogP contribution in [0.4, 0.5) is 0 Å². The third kappa shape index (κ3) is 1.65. The smallest absolute Gasteiger partial charge is 0.313 e. The second-order valence-corrected chi connectivity index (χ2v) is 6.57. The van der Waals surface area contributed by atoms with Crippen molar-refractivity contribution in [2.75, 3.05) is 31.7 Å². The highest BCUT2D eigenvalue weighted by Crippen LogP contribution is 2.41. The van der Waals surface area contributed by atoms with E-state index in [0.717, 1.165) is 0 Å². The summed E-state index contributed by atoms with van der Waals surface area (Å²) in [6.07, 6.45) is 0.389. The van der Waals surface area contributed by atoms with E-state index in [1.165, 1.54) is 7.11 Å². The number of sulfone groups is 1. The fourth-order valence-electron chi connectivity index (χ4n) is 2.59. The van der Waals surface area contributed by atoms with Crippen LogP contribution in [0, 0.1) is 11.3 Å². The third-order valence-corrected chi connectivity index (χ3v) is 5.26. The number of ether oxygens (including phenoxy) is 1. The average molecular weight is 233 g/mol. The molecule has 0 amide bonds. The molecule has 2 aliphatic heterocycles. The second-order valence-electron chi connectivity index (χ2n) is 4.34. The Bertz CT molecular complexity index is 378. The Balaban J connectivity index is 2.29. The van der Waals surface area contributed by atoms with Crippen molar-refractivity contribution in [1.82, 2.24) is 5.32 Å². The molecule has 2 saturated heterocycles. The first-order valence-corrected chi connectivity index (χ1v) is 6.82. The predicted octanol–water partition coefficient (Wildman–Crippen LogP) is -0.816. The van der Waals surface area contributed by atoms with Crippen LogP contribution in [0.2, 0.25) is 0 Å². The molecule has 2 aliphatic rings. The summed E-state index contributed by atoms with van der Waals surface area (Å²) < 4.78 is 27.7. The molecule has 2 rings (SSSR count). The van der Waals surface area contributed by atoms with E-state index in [2.05, 4.69) is 5.32 Å². The molecule has 6 heteroatoms. The summed E-state index contributed by atoms with van der Waals surface area (Å²) in [5, 5.41) is 3.09. The van der Waals surface area contributed by atoms with Gasteiger partial charge in [0.1, 0.15) is 0 Å². The van der Waals surface area contributed by atoms with Gasteiger partial charge in [-0.25, -0.2) is 8.42 Å². The molecule has 0 radical (unpaired) electrons. The number of hydrogen-bond acceptors (Lipinski definition) is 5. The molecule has 2 unspecified atom stereocenters. The standard InChI is InChI=1S/C9H15NO4S/c1-14-8(11)9-2-3-15(12,13)5-7(9)4-10-6-9/h7,10H,2-6H2,1H3. The molecule has 2 fully saturated rings. The van der Waals surface area contributed by atoms with E-state index in [9.17, 15) is 13.2 Å². The van der Waals surface area contributed by atoms with Gasteiger partial charge in [0.2, 0.25) is 0 Å². The Kier molecular flexibility index (Phi) is 2.50. The van der Waals surface area contributed by atoms with Gasteiger partial charge in [-0.3, -0.25) is 4.79 Å². The topological polar surface area (TPSA) is 72.5 Å². The second kappa shape index (κ2) is 3.45. The molecule has 5 nitrogen and oxygen atoms in total. The zero-order chi connectivity index (χ0) is 11.1. The quantitative estimate of drug-likeness (QED) is 0.599. The van der Waals surface area contributed by atoms with Gasteiger partial charge in [-0.05, 0) is 6.42 Å². The molecule has 0 spiro atoms. The van der Waals surface area contributed by atoms with Crippen molar-refractivity contribution in [3.8, 4) is 0 Å². The molecule has 2 atom stereocenters. The molecule has 15 heavy (non-hydrogen) atoms. The molecule has 0 aromatic rings. The minimum atomic E-state index is -2.96. The molecule has 0 bridgehead atoms. The number of methoxy groups -OCH3 is 1. The van der Waals surface area contributed by atoms with Crippen LogP contribution in [0.15, 0.2) is 0 Å². The lowest BCUT2D eigenvalue weighted by Gasteiger charge is -2.35. The molecule has 0 aliphatic carbocycles. The van der Waals surface area contributed by atoms with Crippen LogP contribution in [0.5, 0.6) is 0 Å². The maximum Gasteiger partial charge on any atom is 0.313 e. The Morgan fingerprint density at radius 1 is 1.53 bits per heavy atom. The number of nitrogens with one attached hydrogen (secondary N) is 1. The third-order valence-electron chi connectivity index (χ3n) is 3.52. The number of fused-ring (bicyclic) bond motifs is 1. The minimum absolute atomic E-state index is 0.0975. The first-order valence-electron chi connectivity index (χ1n) is 5.00. The number of rotatable bonds is 1. The predicted molar refractivity (Wildman–Crippen MR) is 54.1 cm³/mol. The average Bonchev–Trinajstić information content (AvgIpc) is 2.59. The Morgan fingerprint density at radius 3 is 2.93 bits per heavy atom. The highest BCUT2D eigenvalue weighted by Gasteiger charge is 2.54. The Morgan fingerprint density at radius 2 is 2.27 bits per heavy atom. The zero-order valence-corrected chi connectivity index (χ0v) is 9.47. The van der Waals surface area contributed by atoms with Crippen LogP contribution < -0.4 is 5.32 Å². The van der Waals surface area contributed by atoms with Crippen molar-refractivity contribution >= 4 is 15.8 Å². The molecule has 86 valence electrons. The van der Waals surface area contributed by atoms with Crippen molar-refractivity contribution in [2.24, 2.45) is 11.3 Å². The SMILES string of the molecule is COC(=O)C12CCS(=O)(=O)CC1CNC2. The molecule has 0 saturated carbocycles. The zero-order valence-electron chi connectivity index (χ0n) is 8.65. The van der Waals surface area contributed by atoms with E-state index in [1.54, 1.807) is 0 Å². The molecule has 0 aromatic heterocycles. The van der Waals surface area contributed by atoms with Crippen LogP contribution in [0.25, 0.3) is 0 Å². The fraction of sp³-hybridized carbons (Fsp3) is 0.889. The van der Waals surface area contributed by atoms with E-state index in [1.807, 2.05) is 0 Å². The van der Waals surface area contributed by atoms with E-state index < -0.39 is 15.3 Å². The fourth-order valence-corrected chi connectivity index (χ4v) is 4.48. The molecule has 0 aromatic carbocycles. The first kappa shape index (κ1) is 10.9. The number of carbonyl (C=O) groups excluding carboxylic acids is 1. The van der Waals surface area contributed by atoms with Crippen LogP contribution in [0.1, 0.15) is 6.42 Å². The van der Waals surface area contributed by atoms with Crippen LogP contribution >= 0.6 is 0 Å². The van der Waals surface area contributed by atoms with Gasteiger partial charge < -0.3 is 10.1 Å². The first-order chi connectivity index (χ1) is 7.00. The maximum atomic E-state index is 11.7. The Hall–Kier alpha value is -0.620. The van der Waals surface area contributed by atoms with Crippen LogP contribution in [0.3, 0.4) is 0 Å². The summed E-state index contributed by atoms with van der Waals surface area (Å²) in [5.41, 5.74) is -0.597. The van der Waals surface area contributed by atoms with Crippen molar-refractivity contribution < 1.29 is 17.9 Å². The molecule has 2 heterocycles. The van der Waals surface area contributed by atoms with Crippen molar-refractivity contribution in [1.29, 1.82) is 0 Å². The van der Waals surface area contributed by atoms with Gasteiger partial charge in [-0.15, -0.1) is 0 Å². The van der Waals surface area contributed by atoms with Crippen molar-refractivity contribution in [3.05, 3.63) is 0 Å². The normalized spacial score (nSPS) is 38.3. The highest BCUT2D eigenvalue weighted by molar-refractivity contribution is 7.91. The number of carbonyl (C=O) groups is 1. The number of hydrogen-bond donors (Lipinski definition) is 1. The lowest BCUT2D eigenvalue weighted by atomic mass is 9.76. The van der Waals surface area contributed by atoms with Gasteiger partial charge in [0.25, 0.3) is 0 Å². The summed E-state index contributed by atoms with van der Waals surface area (Å²) >= 11 is 0. The molecular weight excluding hydrogens is 218 g/mol. The molecule has 1 N–H and O–H groups in total. The molecular formula is C9H15NO4S. The van der Waals surface area contributed by atoms with E-state index in [-0.39, 0.29) is 23.4 Å². The lowest BCUT2D eigenvalue weighted by molar-refractivity contribution is -0.154. The van der Waals surface area contributed by atoms with Crippen LogP contribution in [-0.4, -0.2) is 46.1 Å². The van der Waals surface area contributed by atoms with Gasteiger partial charge in [0, 0.05) is 19.0 Å². The lowest BCUT2D eigenvalue weighted by Crippen LogP contribution is -2.47. The maximum absolute atomic E-state index is 11.7. The van der Waals surface area contributed by atoms with Crippen LogP contribution in [-0.2, 0) is 19.4 Å². The Labute approximate surface area is 89.1 Å². The largest absolute Gasteiger partial charge is 0.469 e.